The number of carbonyl (C=O) groups excluding carboxylic acids is 1. The van der Waals surface area contributed by atoms with Crippen LogP contribution in [-0.2, 0) is 10.0 Å². The smallest absolute Gasteiger partial charge is 0.271 e. The molecule has 0 fully saturated rings. The van der Waals surface area contributed by atoms with Gasteiger partial charge in [0.05, 0.1) is 0 Å². The van der Waals surface area contributed by atoms with Crippen LogP contribution in [0.25, 0.3) is 0 Å². The van der Waals surface area contributed by atoms with Crippen LogP contribution in [0.3, 0.4) is 0 Å². The largest absolute Gasteiger partial charge is 0.377 e. The number of anilines is 3. The minimum absolute atomic E-state index is 0.242. The first-order valence-corrected chi connectivity index (χ1v) is 10.9. The lowest BCUT2D eigenvalue weighted by molar-refractivity contribution is 0.102. The maximum atomic E-state index is 12.5. The lowest BCUT2D eigenvalue weighted by Crippen LogP contribution is -2.14. The molecule has 0 aliphatic carbocycles. The summed E-state index contributed by atoms with van der Waals surface area (Å²) in [4.78, 5) is 14.5. The SMILES string of the molecule is Cc1cc(NC(=O)c2ccc(NS(=O)(=O)c3cccs3)cc2)ccc1N(C)C. The summed E-state index contributed by atoms with van der Waals surface area (Å²) < 4.78 is 27.2. The van der Waals surface area contributed by atoms with Crippen molar-refractivity contribution in [3.63, 3.8) is 0 Å². The standard InChI is InChI=1S/C20H21N3O3S2/c1-14-13-17(10-11-18(14)23(2)3)21-20(24)15-6-8-16(9-7-15)22-28(25,26)19-5-4-12-27-19/h4-13,22H,1-3H3,(H,21,24). The number of aryl methyl sites for hydroxylation is 1. The van der Waals surface area contributed by atoms with Crippen LogP contribution < -0.4 is 14.9 Å². The predicted molar refractivity (Wildman–Crippen MR) is 115 cm³/mol. The van der Waals surface area contributed by atoms with Crippen LogP contribution in [0, 0.1) is 6.92 Å². The number of hydrogen-bond donors (Lipinski definition) is 2. The van der Waals surface area contributed by atoms with Gasteiger partial charge in [-0.25, -0.2) is 8.42 Å². The molecule has 146 valence electrons. The molecule has 0 saturated heterocycles. The molecule has 3 rings (SSSR count). The predicted octanol–water partition coefficient (Wildman–Crippen LogP) is 4.18. The van der Waals surface area contributed by atoms with Crippen LogP contribution >= 0.6 is 11.3 Å². The zero-order valence-corrected chi connectivity index (χ0v) is 17.4. The monoisotopic (exact) mass is 415 g/mol. The lowest BCUT2D eigenvalue weighted by Gasteiger charge is -2.16. The maximum absolute atomic E-state index is 12.5. The highest BCUT2D eigenvalue weighted by atomic mass is 32.2. The molecule has 2 N–H and O–H groups in total. The van der Waals surface area contributed by atoms with E-state index in [1.54, 1.807) is 41.8 Å². The van der Waals surface area contributed by atoms with Crippen LogP contribution in [0.5, 0.6) is 0 Å². The van der Waals surface area contributed by atoms with Crippen LogP contribution in [0.15, 0.2) is 64.2 Å². The molecule has 0 aliphatic rings. The summed E-state index contributed by atoms with van der Waals surface area (Å²) in [5.74, 6) is -0.260. The van der Waals surface area contributed by atoms with Crippen LogP contribution in [-0.4, -0.2) is 28.4 Å². The summed E-state index contributed by atoms with van der Waals surface area (Å²) in [6.07, 6.45) is 0. The van der Waals surface area contributed by atoms with Gasteiger partial charge in [0.25, 0.3) is 15.9 Å². The normalized spacial score (nSPS) is 11.1. The van der Waals surface area contributed by atoms with Gasteiger partial charge in [0.1, 0.15) is 4.21 Å². The van der Waals surface area contributed by atoms with Gasteiger partial charge >= 0.3 is 0 Å². The summed E-state index contributed by atoms with van der Waals surface area (Å²) in [6, 6.07) is 15.2. The topological polar surface area (TPSA) is 78.5 Å². The molecular formula is C20H21N3O3S2. The molecule has 1 aromatic heterocycles. The molecule has 6 nitrogen and oxygen atoms in total. The summed E-state index contributed by atoms with van der Waals surface area (Å²) in [6.45, 7) is 1.99. The number of rotatable bonds is 6. The minimum Gasteiger partial charge on any atom is -0.377 e. The van der Waals surface area contributed by atoms with Crippen LogP contribution in [0.4, 0.5) is 17.1 Å². The molecule has 0 spiro atoms. The van der Waals surface area contributed by atoms with Crippen molar-refractivity contribution in [3.05, 3.63) is 71.1 Å². The lowest BCUT2D eigenvalue weighted by atomic mass is 10.1. The van der Waals surface area contributed by atoms with Crippen molar-refractivity contribution in [2.45, 2.75) is 11.1 Å². The minimum atomic E-state index is -3.60. The molecule has 0 aliphatic heterocycles. The Labute approximate surface area is 168 Å². The maximum Gasteiger partial charge on any atom is 0.271 e. The quantitative estimate of drug-likeness (QED) is 0.633. The Morgan fingerprint density at radius 1 is 1.00 bits per heavy atom. The Hall–Kier alpha value is -2.84. The average Bonchev–Trinajstić information content (AvgIpc) is 3.17. The van der Waals surface area contributed by atoms with Crippen LogP contribution in [0.1, 0.15) is 15.9 Å². The molecule has 3 aromatic rings. The van der Waals surface area contributed by atoms with E-state index < -0.39 is 10.0 Å². The van der Waals surface area contributed by atoms with Gasteiger partial charge in [-0.1, -0.05) is 6.07 Å². The number of thiophene rings is 1. The van der Waals surface area contributed by atoms with Crippen molar-refractivity contribution in [2.75, 3.05) is 29.0 Å². The van der Waals surface area contributed by atoms with Crippen molar-refractivity contribution in [1.82, 2.24) is 0 Å². The second-order valence-corrected chi connectivity index (χ2v) is 9.32. The molecule has 28 heavy (non-hydrogen) atoms. The highest BCUT2D eigenvalue weighted by Gasteiger charge is 2.15. The van der Waals surface area contributed by atoms with Gasteiger partial charge in [0, 0.05) is 36.7 Å². The van der Waals surface area contributed by atoms with Gasteiger partial charge in [0.2, 0.25) is 0 Å². The van der Waals surface area contributed by atoms with E-state index in [4.69, 9.17) is 0 Å². The second-order valence-electron chi connectivity index (χ2n) is 6.46. The fourth-order valence-corrected chi connectivity index (χ4v) is 4.80. The third-order valence-electron chi connectivity index (χ3n) is 4.10. The number of benzene rings is 2. The van der Waals surface area contributed by atoms with E-state index in [1.165, 1.54) is 0 Å². The zero-order chi connectivity index (χ0) is 20.3. The van der Waals surface area contributed by atoms with Gasteiger partial charge in [-0.3, -0.25) is 9.52 Å². The second kappa shape index (κ2) is 8.04. The van der Waals surface area contributed by atoms with E-state index in [0.29, 0.717) is 16.9 Å². The van der Waals surface area contributed by atoms with E-state index in [9.17, 15) is 13.2 Å². The first-order valence-electron chi connectivity index (χ1n) is 8.52. The van der Waals surface area contributed by atoms with Gasteiger partial charge in [-0.15, -0.1) is 11.3 Å². The number of amides is 1. The molecule has 0 atom stereocenters. The molecule has 0 unspecified atom stereocenters. The molecule has 2 aromatic carbocycles. The highest BCUT2D eigenvalue weighted by Crippen LogP contribution is 2.23. The van der Waals surface area contributed by atoms with E-state index in [1.807, 2.05) is 44.1 Å². The van der Waals surface area contributed by atoms with E-state index in [0.717, 1.165) is 22.6 Å². The average molecular weight is 416 g/mol. The van der Waals surface area contributed by atoms with E-state index in [-0.39, 0.29) is 10.1 Å². The van der Waals surface area contributed by atoms with Crippen molar-refractivity contribution < 1.29 is 13.2 Å². The summed E-state index contributed by atoms with van der Waals surface area (Å²) in [5.41, 5.74) is 3.68. The third kappa shape index (κ3) is 4.52. The number of nitrogens with one attached hydrogen (secondary N) is 2. The zero-order valence-electron chi connectivity index (χ0n) is 15.8. The van der Waals surface area contributed by atoms with E-state index >= 15 is 0 Å². The Bertz CT molecular complexity index is 1070. The van der Waals surface area contributed by atoms with Crippen molar-refractivity contribution in [2.24, 2.45) is 0 Å². The fourth-order valence-electron chi connectivity index (χ4n) is 2.75. The Kier molecular flexibility index (Phi) is 5.71. The third-order valence-corrected chi connectivity index (χ3v) is 6.87. The fraction of sp³-hybridized carbons (Fsp3) is 0.150. The number of nitrogens with zero attached hydrogens (tertiary/aromatic N) is 1. The first-order chi connectivity index (χ1) is 13.3. The summed E-state index contributed by atoms with van der Waals surface area (Å²) >= 11 is 1.14. The number of sulfonamides is 1. The molecule has 8 heteroatoms. The molecule has 0 radical (unpaired) electrons. The Morgan fingerprint density at radius 3 is 2.25 bits per heavy atom. The highest BCUT2D eigenvalue weighted by molar-refractivity contribution is 7.94. The molecule has 0 saturated carbocycles. The van der Waals surface area contributed by atoms with Gasteiger partial charge in [-0.2, -0.15) is 0 Å². The van der Waals surface area contributed by atoms with Gasteiger partial charge < -0.3 is 10.2 Å². The van der Waals surface area contributed by atoms with Crippen LogP contribution in [0.2, 0.25) is 0 Å². The summed E-state index contributed by atoms with van der Waals surface area (Å²) in [5, 5.41) is 4.56. The number of carbonyl (C=O) groups is 1. The molecular weight excluding hydrogens is 394 g/mol. The molecule has 1 amide bonds. The Morgan fingerprint density at radius 2 is 1.68 bits per heavy atom. The van der Waals surface area contributed by atoms with Gasteiger partial charge in [-0.05, 0) is 66.4 Å². The number of hydrogen-bond acceptors (Lipinski definition) is 5. The molecule has 1 heterocycles. The first kappa shape index (κ1) is 19.9. The Balaban J connectivity index is 1.69. The van der Waals surface area contributed by atoms with Crippen molar-refractivity contribution >= 4 is 44.3 Å². The summed E-state index contributed by atoms with van der Waals surface area (Å²) in [7, 11) is 0.331. The van der Waals surface area contributed by atoms with Crippen molar-refractivity contribution in [1.29, 1.82) is 0 Å². The van der Waals surface area contributed by atoms with E-state index in [2.05, 4.69) is 10.0 Å². The molecule has 0 bridgehead atoms. The van der Waals surface area contributed by atoms with Gasteiger partial charge in [0.15, 0.2) is 0 Å². The van der Waals surface area contributed by atoms with Crippen molar-refractivity contribution in [3.8, 4) is 0 Å².